The number of aryl methyl sites for hydroxylation is 1. The maximum absolute atomic E-state index is 13.9. The van der Waals surface area contributed by atoms with Crippen LogP contribution < -0.4 is 16.0 Å². The summed E-state index contributed by atoms with van der Waals surface area (Å²) in [5.74, 6) is 0.862. The second-order valence-corrected chi connectivity index (χ2v) is 7.76. The number of nitrogens with one attached hydrogen (secondary N) is 1. The number of nitrogens with zero attached hydrogens (tertiary/aromatic N) is 3. The SMILES string of the molecule is CC.CN.Cc1ccc(-c2ncc(CNC(=O)C3(F)CC3)c(N3CCCC3)n2)cc1Cl. The molecule has 2 aliphatic rings. The fraction of sp³-hybridized carbons (Fsp3) is 0.522. The van der Waals surface area contributed by atoms with Crippen LogP contribution in [0, 0.1) is 6.92 Å². The van der Waals surface area contributed by atoms with Crippen molar-refractivity contribution in [1.29, 1.82) is 0 Å². The molecule has 0 radical (unpaired) electrons. The molecule has 6 nitrogen and oxygen atoms in total. The van der Waals surface area contributed by atoms with Crippen molar-refractivity contribution in [2.45, 2.75) is 58.7 Å². The molecule has 2 aromatic rings. The van der Waals surface area contributed by atoms with Crippen LogP contribution in [0.2, 0.25) is 5.02 Å². The molecule has 1 aromatic carbocycles. The lowest BCUT2D eigenvalue weighted by molar-refractivity contribution is -0.127. The van der Waals surface area contributed by atoms with Gasteiger partial charge >= 0.3 is 0 Å². The van der Waals surface area contributed by atoms with Gasteiger partial charge in [-0.05, 0) is 51.3 Å². The number of hydrogen-bond donors (Lipinski definition) is 2. The number of benzene rings is 1. The molecule has 1 saturated carbocycles. The number of nitrogens with two attached hydrogens (primary N) is 1. The van der Waals surface area contributed by atoms with Crippen LogP contribution in [0.4, 0.5) is 10.2 Å². The second kappa shape index (κ2) is 11.4. The highest BCUT2D eigenvalue weighted by Crippen LogP contribution is 2.40. The van der Waals surface area contributed by atoms with E-state index in [1.807, 2.05) is 39.0 Å². The highest BCUT2D eigenvalue weighted by Gasteiger charge is 2.50. The molecule has 8 heteroatoms. The number of aromatic nitrogens is 2. The summed E-state index contributed by atoms with van der Waals surface area (Å²) in [5, 5.41) is 3.37. The first-order chi connectivity index (χ1) is 15.0. The van der Waals surface area contributed by atoms with E-state index in [4.69, 9.17) is 16.6 Å². The highest BCUT2D eigenvalue weighted by molar-refractivity contribution is 6.31. The highest BCUT2D eigenvalue weighted by atomic mass is 35.5. The van der Waals surface area contributed by atoms with E-state index in [0.717, 1.165) is 48.4 Å². The van der Waals surface area contributed by atoms with Gasteiger partial charge in [0.15, 0.2) is 11.5 Å². The smallest absolute Gasteiger partial charge is 0.257 e. The first-order valence-electron chi connectivity index (χ1n) is 10.9. The summed E-state index contributed by atoms with van der Waals surface area (Å²) in [6.07, 6.45) is 4.55. The first-order valence-corrected chi connectivity index (χ1v) is 11.3. The minimum absolute atomic E-state index is 0.227. The molecule has 1 aromatic heterocycles. The molecule has 1 aliphatic carbocycles. The number of rotatable bonds is 5. The molecule has 0 unspecified atom stereocenters. The number of hydrogen-bond acceptors (Lipinski definition) is 5. The van der Waals surface area contributed by atoms with Gasteiger partial charge in [-0.15, -0.1) is 0 Å². The lowest BCUT2D eigenvalue weighted by Gasteiger charge is -2.21. The lowest BCUT2D eigenvalue weighted by atomic mass is 10.1. The van der Waals surface area contributed by atoms with E-state index >= 15 is 0 Å². The Kier molecular flexibility index (Phi) is 9.19. The van der Waals surface area contributed by atoms with Gasteiger partial charge in [0.05, 0.1) is 0 Å². The number of anilines is 1. The van der Waals surface area contributed by atoms with Gasteiger partial charge in [0.1, 0.15) is 5.82 Å². The van der Waals surface area contributed by atoms with Crippen molar-refractivity contribution in [3.05, 3.63) is 40.5 Å². The molecule has 1 amide bonds. The zero-order valence-electron chi connectivity index (χ0n) is 18.8. The van der Waals surface area contributed by atoms with Crippen LogP contribution in [0.15, 0.2) is 24.4 Å². The van der Waals surface area contributed by atoms with Gasteiger partial charge in [0.2, 0.25) is 0 Å². The van der Waals surface area contributed by atoms with E-state index in [0.29, 0.717) is 23.7 Å². The monoisotopic (exact) mass is 449 g/mol. The van der Waals surface area contributed by atoms with Gasteiger partial charge in [-0.25, -0.2) is 14.4 Å². The van der Waals surface area contributed by atoms with Gasteiger partial charge in [0.25, 0.3) is 5.91 Å². The summed E-state index contributed by atoms with van der Waals surface area (Å²) in [6.45, 7) is 8.01. The number of amides is 1. The van der Waals surface area contributed by atoms with Gasteiger partial charge in [-0.3, -0.25) is 4.79 Å². The summed E-state index contributed by atoms with van der Waals surface area (Å²) in [6, 6.07) is 5.76. The number of halogens is 2. The van der Waals surface area contributed by atoms with E-state index in [-0.39, 0.29) is 6.54 Å². The van der Waals surface area contributed by atoms with Gasteiger partial charge < -0.3 is 16.0 Å². The second-order valence-electron chi connectivity index (χ2n) is 7.35. The zero-order chi connectivity index (χ0) is 23.0. The molecular formula is C23H33ClFN5O. The molecule has 1 aliphatic heterocycles. The van der Waals surface area contributed by atoms with Gasteiger partial charge in [-0.1, -0.05) is 37.6 Å². The van der Waals surface area contributed by atoms with Crippen molar-refractivity contribution in [2.75, 3.05) is 25.0 Å². The Morgan fingerprint density at radius 2 is 1.90 bits per heavy atom. The Bertz CT molecular complexity index is 882. The van der Waals surface area contributed by atoms with Crippen molar-refractivity contribution in [3.8, 4) is 11.4 Å². The van der Waals surface area contributed by atoms with Crippen LogP contribution in [-0.4, -0.2) is 41.7 Å². The van der Waals surface area contributed by atoms with Crippen LogP contribution in [0.25, 0.3) is 11.4 Å². The third kappa shape index (κ3) is 6.14. The van der Waals surface area contributed by atoms with Crippen LogP contribution >= 0.6 is 11.6 Å². The predicted molar refractivity (Wildman–Crippen MR) is 125 cm³/mol. The zero-order valence-corrected chi connectivity index (χ0v) is 19.6. The standard InChI is InChI=1S/C20H22ClFN4O.C2H6.CH5N/c1-13-4-5-14(10-16(13)21)17-23-11-15(12-24-19(27)20(22)6-7-20)18(25-17)26-8-2-3-9-26;2*1-2/h4-5,10-11H,2-3,6-9,12H2,1H3,(H,24,27);1-2H3;2H2,1H3. The molecule has 0 atom stereocenters. The maximum atomic E-state index is 13.9. The van der Waals surface area contributed by atoms with E-state index in [1.54, 1.807) is 6.20 Å². The molecule has 4 rings (SSSR count). The van der Waals surface area contributed by atoms with Crippen molar-refractivity contribution in [2.24, 2.45) is 5.73 Å². The largest absolute Gasteiger partial charge is 0.356 e. The van der Waals surface area contributed by atoms with Gasteiger partial charge in [-0.2, -0.15) is 0 Å². The Labute approximate surface area is 189 Å². The van der Waals surface area contributed by atoms with Crippen molar-refractivity contribution in [1.82, 2.24) is 15.3 Å². The fourth-order valence-electron chi connectivity index (χ4n) is 3.27. The Balaban J connectivity index is 0.000000807. The molecule has 170 valence electrons. The Hall–Kier alpha value is -2.25. The maximum Gasteiger partial charge on any atom is 0.257 e. The molecule has 0 bridgehead atoms. The molecule has 3 N–H and O–H groups in total. The van der Waals surface area contributed by atoms with E-state index < -0.39 is 11.6 Å². The number of alkyl halides is 1. The minimum Gasteiger partial charge on any atom is -0.356 e. The summed E-state index contributed by atoms with van der Waals surface area (Å²) in [4.78, 5) is 23.4. The third-order valence-electron chi connectivity index (χ3n) is 5.21. The summed E-state index contributed by atoms with van der Waals surface area (Å²) < 4.78 is 13.9. The quantitative estimate of drug-likeness (QED) is 0.705. The average molecular weight is 450 g/mol. The first kappa shape index (κ1) is 25.0. The average Bonchev–Trinajstić information content (AvgIpc) is 3.33. The van der Waals surface area contributed by atoms with E-state index in [1.165, 1.54) is 7.05 Å². The van der Waals surface area contributed by atoms with Crippen molar-refractivity contribution >= 4 is 23.3 Å². The topological polar surface area (TPSA) is 84.1 Å². The Morgan fingerprint density at radius 1 is 1.26 bits per heavy atom. The fourth-order valence-corrected chi connectivity index (χ4v) is 3.45. The van der Waals surface area contributed by atoms with Crippen LogP contribution in [0.5, 0.6) is 0 Å². The Morgan fingerprint density at radius 3 is 2.48 bits per heavy atom. The van der Waals surface area contributed by atoms with E-state index in [2.05, 4.69) is 20.9 Å². The van der Waals surface area contributed by atoms with Crippen molar-refractivity contribution in [3.63, 3.8) is 0 Å². The summed E-state index contributed by atoms with van der Waals surface area (Å²) in [5.41, 5.74) is 5.48. The lowest BCUT2D eigenvalue weighted by Crippen LogP contribution is -2.33. The molecule has 2 heterocycles. The van der Waals surface area contributed by atoms with Crippen LogP contribution in [0.1, 0.15) is 50.7 Å². The summed E-state index contributed by atoms with van der Waals surface area (Å²) in [7, 11) is 1.50. The summed E-state index contributed by atoms with van der Waals surface area (Å²) >= 11 is 6.25. The number of carbonyl (C=O) groups excluding carboxylic acids is 1. The molecule has 1 saturated heterocycles. The van der Waals surface area contributed by atoms with Crippen LogP contribution in [-0.2, 0) is 11.3 Å². The van der Waals surface area contributed by atoms with Crippen molar-refractivity contribution < 1.29 is 9.18 Å². The number of carbonyl (C=O) groups is 1. The van der Waals surface area contributed by atoms with Gasteiger partial charge in [0, 0.05) is 42.0 Å². The molecule has 0 spiro atoms. The van der Waals surface area contributed by atoms with Crippen LogP contribution in [0.3, 0.4) is 0 Å². The molecule has 31 heavy (non-hydrogen) atoms. The third-order valence-corrected chi connectivity index (χ3v) is 5.62. The molecule has 2 fully saturated rings. The normalized spacial score (nSPS) is 15.9. The molecular weight excluding hydrogens is 417 g/mol. The minimum atomic E-state index is -1.67. The predicted octanol–water partition coefficient (Wildman–Crippen LogP) is 4.43. The van der Waals surface area contributed by atoms with E-state index in [9.17, 15) is 9.18 Å².